The Hall–Kier alpha value is -2.50. The third-order valence-corrected chi connectivity index (χ3v) is 5.31. The van der Waals surface area contributed by atoms with Crippen LogP contribution in [-0.2, 0) is 30.6 Å². The van der Waals surface area contributed by atoms with Crippen LogP contribution in [0.4, 0.5) is 0 Å². The Labute approximate surface area is 160 Å². The molecule has 0 unspecified atom stereocenters. The molecule has 0 spiro atoms. The molecule has 1 aliphatic carbocycles. The molecule has 6 nitrogen and oxygen atoms in total. The summed E-state index contributed by atoms with van der Waals surface area (Å²) in [4.78, 5) is 10.9. The number of hydrogen-bond acceptors (Lipinski definition) is 4. The first-order valence-corrected chi connectivity index (χ1v) is 9.55. The Bertz CT molecular complexity index is 855. The Morgan fingerprint density at radius 3 is 2.70 bits per heavy atom. The van der Waals surface area contributed by atoms with Gasteiger partial charge in [-0.15, -0.1) is 5.10 Å². The van der Waals surface area contributed by atoms with Gasteiger partial charge < -0.3 is 14.6 Å². The van der Waals surface area contributed by atoms with Crippen LogP contribution >= 0.6 is 0 Å². The number of carboxylic acid groups (broad SMARTS) is 1. The predicted molar refractivity (Wildman–Crippen MR) is 103 cm³/mol. The van der Waals surface area contributed by atoms with E-state index in [-0.39, 0.29) is 6.42 Å². The Morgan fingerprint density at radius 1 is 1.30 bits per heavy atom. The van der Waals surface area contributed by atoms with Crippen molar-refractivity contribution in [2.75, 3.05) is 13.7 Å². The molecule has 0 atom stereocenters. The summed E-state index contributed by atoms with van der Waals surface area (Å²) in [6.07, 6.45) is 4.06. The Morgan fingerprint density at radius 2 is 2.04 bits per heavy atom. The smallest absolute Gasteiger partial charge is 0.305 e. The Kier molecular flexibility index (Phi) is 5.73. The third kappa shape index (κ3) is 3.80. The number of methoxy groups -OCH3 is 1. The lowest BCUT2D eigenvalue weighted by atomic mass is 9.94. The molecule has 1 aromatic carbocycles. The summed E-state index contributed by atoms with van der Waals surface area (Å²) in [6.45, 7) is 6.89. The molecule has 3 rings (SSSR count). The van der Waals surface area contributed by atoms with Gasteiger partial charge in [-0.25, -0.2) is 0 Å². The van der Waals surface area contributed by atoms with Gasteiger partial charge in [0.15, 0.2) is 0 Å². The lowest BCUT2D eigenvalue weighted by Crippen LogP contribution is -2.08. The first-order chi connectivity index (χ1) is 13.0. The number of nitrogens with zero attached hydrogens (tertiary/aromatic N) is 2. The van der Waals surface area contributed by atoms with E-state index in [0.717, 1.165) is 48.3 Å². The van der Waals surface area contributed by atoms with E-state index in [1.807, 2.05) is 13.8 Å². The molecule has 0 amide bonds. The first kappa shape index (κ1) is 19.3. The van der Waals surface area contributed by atoms with Gasteiger partial charge in [0.25, 0.3) is 0 Å². The van der Waals surface area contributed by atoms with E-state index < -0.39 is 5.97 Å². The number of benzene rings is 1. The van der Waals surface area contributed by atoms with Crippen molar-refractivity contribution in [1.82, 2.24) is 9.78 Å². The van der Waals surface area contributed by atoms with Crippen LogP contribution in [0.1, 0.15) is 53.3 Å². The molecule has 1 heterocycles. The number of ether oxygens (including phenoxy) is 2. The van der Waals surface area contributed by atoms with Crippen molar-refractivity contribution in [2.24, 2.45) is 0 Å². The summed E-state index contributed by atoms with van der Waals surface area (Å²) < 4.78 is 13.2. The molecule has 1 N–H and O–H groups in total. The molecule has 6 heteroatoms. The Balaban J connectivity index is 1.99. The monoisotopic (exact) mass is 372 g/mol. The van der Waals surface area contributed by atoms with E-state index in [1.165, 1.54) is 16.7 Å². The summed E-state index contributed by atoms with van der Waals surface area (Å²) in [5.74, 6) is 0.804. The van der Waals surface area contributed by atoms with Gasteiger partial charge in [0, 0.05) is 17.7 Å². The van der Waals surface area contributed by atoms with Crippen LogP contribution < -0.4 is 9.47 Å². The molecule has 0 fully saturated rings. The van der Waals surface area contributed by atoms with E-state index in [0.29, 0.717) is 19.0 Å². The number of carbonyl (C=O) groups is 1. The fourth-order valence-corrected chi connectivity index (χ4v) is 4.06. The molecule has 146 valence electrons. The topological polar surface area (TPSA) is 73.6 Å². The average molecular weight is 372 g/mol. The summed E-state index contributed by atoms with van der Waals surface area (Å²) in [6, 6.07) is 2.22. The zero-order valence-electron chi connectivity index (χ0n) is 16.6. The van der Waals surface area contributed by atoms with Gasteiger partial charge in [-0.3, -0.25) is 9.48 Å². The number of hydrogen-bond donors (Lipinski definition) is 1. The minimum Gasteiger partial charge on any atom is -0.496 e. The third-order valence-electron chi connectivity index (χ3n) is 5.31. The van der Waals surface area contributed by atoms with Crippen molar-refractivity contribution in [3.05, 3.63) is 39.6 Å². The van der Waals surface area contributed by atoms with Crippen molar-refractivity contribution in [3.8, 4) is 11.6 Å². The molecule has 0 aliphatic heterocycles. The molecule has 2 aromatic rings. The van der Waals surface area contributed by atoms with E-state index in [4.69, 9.17) is 14.6 Å². The fourth-order valence-electron chi connectivity index (χ4n) is 4.06. The second kappa shape index (κ2) is 8.03. The van der Waals surface area contributed by atoms with Crippen molar-refractivity contribution in [1.29, 1.82) is 0 Å². The number of aliphatic carboxylic acids is 1. The normalized spacial score (nSPS) is 12.9. The number of aromatic nitrogens is 2. The minimum atomic E-state index is -0.826. The van der Waals surface area contributed by atoms with Crippen molar-refractivity contribution < 1.29 is 19.4 Å². The van der Waals surface area contributed by atoms with Gasteiger partial charge in [-0.1, -0.05) is 6.07 Å². The largest absolute Gasteiger partial charge is 0.496 e. The highest BCUT2D eigenvalue weighted by molar-refractivity contribution is 5.66. The van der Waals surface area contributed by atoms with Crippen LogP contribution in [0.25, 0.3) is 0 Å². The van der Waals surface area contributed by atoms with Gasteiger partial charge in [-0.2, -0.15) is 0 Å². The number of rotatable bonds is 8. The van der Waals surface area contributed by atoms with E-state index in [2.05, 4.69) is 18.1 Å². The zero-order valence-corrected chi connectivity index (χ0v) is 16.6. The quantitative estimate of drug-likeness (QED) is 0.768. The highest BCUT2D eigenvalue weighted by Gasteiger charge is 2.24. The molecule has 0 radical (unpaired) electrons. The highest BCUT2D eigenvalue weighted by Crippen LogP contribution is 2.38. The van der Waals surface area contributed by atoms with Crippen LogP contribution in [0, 0.1) is 13.8 Å². The molecular weight excluding hydrogens is 344 g/mol. The highest BCUT2D eigenvalue weighted by atomic mass is 16.5. The van der Waals surface area contributed by atoms with E-state index in [9.17, 15) is 4.79 Å². The second-order valence-electron chi connectivity index (χ2n) is 7.04. The van der Waals surface area contributed by atoms with Crippen LogP contribution in [0.3, 0.4) is 0 Å². The second-order valence-corrected chi connectivity index (χ2v) is 7.04. The molecule has 1 aliphatic rings. The van der Waals surface area contributed by atoms with Crippen molar-refractivity contribution in [3.63, 3.8) is 0 Å². The molecule has 27 heavy (non-hydrogen) atoms. The molecule has 1 aromatic heterocycles. The maximum atomic E-state index is 10.9. The van der Waals surface area contributed by atoms with Gasteiger partial charge >= 0.3 is 5.97 Å². The summed E-state index contributed by atoms with van der Waals surface area (Å²) in [7, 11) is 1.74. The first-order valence-electron chi connectivity index (χ1n) is 9.55. The predicted octanol–water partition coefficient (Wildman–Crippen LogP) is 3.46. The standard InChI is InChI=1S/C21H28N2O4/c1-5-27-21-18(14(3)23(22-21)10-9-19(24)25)12-15-11-13(2)20(26-4)17-8-6-7-16(15)17/h11H,5-10,12H2,1-4H3,(H,24,25). The van der Waals surface area contributed by atoms with Gasteiger partial charge in [0.1, 0.15) is 5.75 Å². The maximum absolute atomic E-state index is 10.9. The van der Waals surface area contributed by atoms with E-state index >= 15 is 0 Å². The summed E-state index contributed by atoms with van der Waals surface area (Å²) in [5, 5.41) is 13.5. The zero-order chi connectivity index (χ0) is 19.6. The SMILES string of the molecule is CCOc1nn(CCC(=O)O)c(C)c1Cc1cc(C)c(OC)c2c1CCC2. The number of carboxylic acids is 1. The van der Waals surface area contributed by atoms with Crippen LogP contribution in [0.5, 0.6) is 11.6 Å². The summed E-state index contributed by atoms with van der Waals surface area (Å²) >= 11 is 0. The van der Waals surface area contributed by atoms with Crippen LogP contribution in [-0.4, -0.2) is 34.6 Å². The van der Waals surface area contributed by atoms with E-state index in [1.54, 1.807) is 11.8 Å². The number of fused-ring (bicyclic) bond motifs is 1. The van der Waals surface area contributed by atoms with Gasteiger partial charge in [0.05, 0.1) is 26.7 Å². The molecule has 0 saturated heterocycles. The summed E-state index contributed by atoms with van der Waals surface area (Å²) in [5.41, 5.74) is 7.18. The van der Waals surface area contributed by atoms with Crippen molar-refractivity contribution in [2.45, 2.75) is 59.4 Å². The lowest BCUT2D eigenvalue weighted by Gasteiger charge is -2.16. The van der Waals surface area contributed by atoms with Crippen LogP contribution in [0.15, 0.2) is 6.07 Å². The maximum Gasteiger partial charge on any atom is 0.305 e. The minimum absolute atomic E-state index is 0.0462. The number of aryl methyl sites for hydroxylation is 2. The van der Waals surface area contributed by atoms with Gasteiger partial charge in [0.2, 0.25) is 5.88 Å². The fraction of sp³-hybridized carbons (Fsp3) is 0.524. The average Bonchev–Trinajstić information content (AvgIpc) is 3.21. The van der Waals surface area contributed by atoms with Crippen molar-refractivity contribution >= 4 is 5.97 Å². The molecule has 0 bridgehead atoms. The lowest BCUT2D eigenvalue weighted by molar-refractivity contribution is -0.137. The molecule has 0 saturated carbocycles. The molecular formula is C21H28N2O4. The van der Waals surface area contributed by atoms with Crippen LogP contribution in [0.2, 0.25) is 0 Å². The van der Waals surface area contributed by atoms with Gasteiger partial charge in [-0.05, 0) is 62.3 Å².